The van der Waals surface area contributed by atoms with E-state index in [-0.39, 0.29) is 23.8 Å². The molecule has 0 heterocycles. The van der Waals surface area contributed by atoms with Crippen molar-refractivity contribution in [1.29, 1.82) is 0 Å². The van der Waals surface area contributed by atoms with E-state index in [0.717, 1.165) is 0 Å². The largest absolute Gasteiger partial charge is 0.464 e. The second kappa shape index (κ2) is 7.10. The first-order valence-corrected chi connectivity index (χ1v) is 8.60. The minimum Gasteiger partial charge on any atom is -0.464 e. The average Bonchev–Trinajstić information content (AvgIpc) is 2.46. The molecule has 7 nitrogen and oxygen atoms in total. The van der Waals surface area contributed by atoms with E-state index >= 15 is 0 Å². The molecule has 0 aromatic heterocycles. The number of hydrogen-bond donors (Lipinski definition) is 1. The molecular weight excluding hydrogens is 320 g/mol. The highest BCUT2D eigenvalue weighted by Gasteiger charge is 2.36. The van der Waals surface area contributed by atoms with E-state index in [4.69, 9.17) is 9.88 Å². The van der Waals surface area contributed by atoms with E-state index in [2.05, 4.69) is 0 Å². The molecule has 0 bridgehead atoms. The fourth-order valence-corrected chi connectivity index (χ4v) is 2.36. The molecule has 0 unspecified atom stereocenters. The summed E-state index contributed by atoms with van der Waals surface area (Å²) in [6.45, 7) is 5.14. The smallest absolute Gasteiger partial charge is 0.331 e. The minimum atomic E-state index is -3.76. The van der Waals surface area contributed by atoms with Crippen LogP contribution in [0.3, 0.4) is 0 Å². The molecule has 0 saturated carbocycles. The maximum Gasteiger partial charge on any atom is 0.331 e. The molecular formula is C15H22N2O5S. The lowest BCUT2D eigenvalue weighted by molar-refractivity contribution is -0.160. The monoisotopic (exact) mass is 342 g/mol. The second-order valence-electron chi connectivity index (χ2n) is 5.60. The standard InChI is InChI=1S/C15H22N2O5S/c1-5-22-14(19)15(2,3)17(4)13(18)10-11-6-8-12(9-7-11)23(16,20)21/h6-9H,5,10H2,1-4H3,(H2,16,20,21). The van der Waals surface area contributed by atoms with Gasteiger partial charge in [0.15, 0.2) is 0 Å². The molecule has 1 amide bonds. The maximum atomic E-state index is 12.3. The van der Waals surface area contributed by atoms with Gasteiger partial charge in [-0.3, -0.25) is 4.79 Å². The molecule has 0 aliphatic carbocycles. The third kappa shape index (κ3) is 4.77. The Morgan fingerprint density at radius 3 is 2.17 bits per heavy atom. The molecule has 1 rings (SSSR count). The molecule has 128 valence electrons. The van der Waals surface area contributed by atoms with Gasteiger partial charge < -0.3 is 9.64 Å². The molecule has 0 spiro atoms. The maximum absolute atomic E-state index is 12.3. The van der Waals surface area contributed by atoms with Crippen LogP contribution in [0, 0.1) is 0 Å². The molecule has 1 aromatic rings. The highest BCUT2D eigenvalue weighted by molar-refractivity contribution is 7.89. The van der Waals surface area contributed by atoms with Crippen LogP contribution < -0.4 is 5.14 Å². The van der Waals surface area contributed by atoms with Gasteiger partial charge >= 0.3 is 5.97 Å². The number of esters is 1. The van der Waals surface area contributed by atoms with E-state index in [1.165, 1.54) is 36.2 Å². The fourth-order valence-electron chi connectivity index (χ4n) is 1.85. The summed E-state index contributed by atoms with van der Waals surface area (Å²) in [7, 11) is -2.24. The van der Waals surface area contributed by atoms with Gasteiger partial charge in [0.1, 0.15) is 5.54 Å². The highest BCUT2D eigenvalue weighted by atomic mass is 32.2. The van der Waals surface area contributed by atoms with Crippen LogP contribution in [0.4, 0.5) is 0 Å². The number of ether oxygens (including phenoxy) is 1. The molecule has 0 radical (unpaired) electrons. The van der Waals surface area contributed by atoms with E-state index < -0.39 is 21.5 Å². The predicted octanol–water partition coefficient (Wildman–Crippen LogP) is 0.677. The number of carbonyl (C=O) groups excluding carboxylic acids is 2. The Labute approximate surface area is 136 Å². The number of rotatable bonds is 6. The van der Waals surface area contributed by atoms with Crippen molar-refractivity contribution in [1.82, 2.24) is 4.90 Å². The summed E-state index contributed by atoms with van der Waals surface area (Å²) < 4.78 is 27.4. The Kier molecular flexibility index (Phi) is 5.90. The van der Waals surface area contributed by atoms with E-state index in [0.29, 0.717) is 5.56 Å². The molecule has 8 heteroatoms. The SMILES string of the molecule is CCOC(=O)C(C)(C)N(C)C(=O)Cc1ccc(S(N)(=O)=O)cc1. The Balaban J connectivity index is 2.85. The molecule has 0 atom stereocenters. The number of benzene rings is 1. The van der Waals surface area contributed by atoms with Crippen molar-refractivity contribution >= 4 is 21.9 Å². The van der Waals surface area contributed by atoms with Gasteiger partial charge in [0.25, 0.3) is 0 Å². The van der Waals surface area contributed by atoms with E-state index in [1.54, 1.807) is 20.8 Å². The molecule has 0 aliphatic heterocycles. The topological polar surface area (TPSA) is 107 Å². The number of sulfonamides is 1. The van der Waals surface area contributed by atoms with Crippen LogP contribution in [-0.4, -0.2) is 44.4 Å². The van der Waals surface area contributed by atoms with Gasteiger partial charge in [-0.2, -0.15) is 0 Å². The van der Waals surface area contributed by atoms with Gasteiger partial charge in [0.2, 0.25) is 15.9 Å². The summed E-state index contributed by atoms with van der Waals surface area (Å²) in [5, 5.41) is 5.02. The van der Waals surface area contributed by atoms with Gasteiger partial charge in [-0.15, -0.1) is 0 Å². The Bertz CT molecular complexity index is 680. The van der Waals surface area contributed by atoms with Gasteiger partial charge in [-0.1, -0.05) is 12.1 Å². The zero-order valence-corrected chi connectivity index (χ0v) is 14.5. The van der Waals surface area contributed by atoms with Crippen molar-refractivity contribution in [3.63, 3.8) is 0 Å². The van der Waals surface area contributed by atoms with E-state index in [1.807, 2.05) is 0 Å². The van der Waals surface area contributed by atoms with Crippen molar-refractivity contribution < 1.29 is 22.7 Å². The van der Waals surface area contributed by atoms with Crippen LogP contribution in [-0.2, 0) is 30.8 Å². The normalized spacial score (nSPS) is 11.9. The van der Waals surface area contributed by atoms with Crippen LogP contribution in [0.25, 0.3) is 0 Å². The van der Waals surface area contributed by atoms with Crippen molar-refractivity contribution in [2.24, 2.45) is 5.14 Å². The summed E-state index contributed by atoms with van der Waals surface area (Å²) in [6.07, 6.45) is 0.0320. The summed E-state index contributed by atoms with van der Waals surface area (Å²) >= 11 is 0. The lowest BCUT2D eigenvalue weighted by Gasteiger charge is -2.33. The zero-order valence-electron chi connectivity index (χ0n) is 13.7. The third-order valence-electron chi connectivity index (χ3n) is 3.59. The summed E-state index contributed by atoms with van der Waals surface area (Å²) in [6, 6.07) is 5.72. The fraction of sp³-hybridized carbons (Fsp3) is 0.467. The predicted molar refractivity (Wildman–Crippen MR) is 85.0 cm³/mol. The van der Waals surface area contributed by atoms with Crippen LogP contribution >= 0.6 is 0 Å². The van der Waals surface area contributed by atoms with Crippen molar-refractivity contribution in [2.45, 2.75) is 37.6 Å². The first-order valence-electron chi connectivity index (χ1n) is 7.05. The molecule has 0 saturated heterocycles. The second-order valence-corrected chi connectivity index (χ2v) is 7.16. The van der Waals surface area contributed by atoms with Crippen LogP contribution in [0.1, 0.15) is 26.3 Å². The van der Waals surface area contributed by atoms with Crippen LogP contribution in [0.2, 0.25) is 0 Å². The number of carbonyl (C=O) groups is 2. The lowest BCUT2D eigenvalue weighted by atomic mass is 10.0. The van der Waals surface area contributed by atoms with Crippen molar-refractivity contribution in [2.75, 3.05) is 13.7 Å². The Morgan fingerprint density at radius 1 is 1.22 bits per heavy atom. The number of primary sulfonamides is 1. The summed E-state index contributed by atoms with van der Waals surface area (Å²) in [4.78, 5) is 25.5. The molecule has 1 aromatic carbocycles. The van der Waals surface area contributed by atoms with E-state index in [9.17, 15) is 18.0 Å². The quantitative estimate of drug-likeness (QED) is 0.765. The van der Waals surface area contributed by atoms with Crippen LogP contribution in [0.5, 0.6) is 0 Å². The number of amides is 1. The number of nitrogens with zero attached hydrogens (tertiary/aromatic N) is 1. The Morgan fingerprint density at radius 2 is 1.74 bits per heavy atom. The van der Waals surface area contributed by atoms with Gasteiger partial charge in [0, 0.05) is 7.05 Å². The first kappa shape index (κ1) is 19.1. The lowest BCUT2D eigenvalue weighted by Crippen LogP contribution is -2.52. The summed E-state index contributed by atoms with van der Waals surface area (Å²) in [5.41, 5.74) is -0.470. The summed E-state index contributed by atoms with van der Waals surface area (Å²) in [5.74, 6) is -0.771. The third-order valence-corrected chi connectivity index (χ3v) is 4.52. The number of hydrogen-bond acceptors (Lipinski definition) is 5. The van der Waals surface area contributed by atoms with Crippen molar-refractivity contribution in [3.8, 4) is 0 Å². The number of nitrogens with two attached hydrogens (primary N) is 1. The van der Waals surface area contributed by atoms with Gasteiger partial charge in [-0.25, -0.2) is 18.4 Å². The zero-order chi connectivity index (χ0) is 17.8. The molecule has 2 N–H and O–H groups in total. The van der Waals surface area contributed by atoms with Gasteiger partial charge in [-0.05, 0) is 38.5 Å². The van der Waals surface area contributed by atoms with Crippen molar-refractivity contribution in [3.05, 3.63) is 29.8 Å². The molecule has 0 aliphatic rings. The first-order chi connectivity index (χ1) is 10.5. The van der Waals surface area contributed by atoms with Crippen LogP contribution in [0.15, 0.2) is 29.2 Å². The molecule has 23 heavy (non-hydrogen) atoms. The molecule has 0 fully saturated rings. The Hall–Kier alpha value is -1.93. The minimum absolute atomic E-state index is 0.0195. The average molecular weight is 342 g/mol. The van der Waals surface area contributed by atoms with Gasteiger partial charge in [0.05, 0.1) is 17.9 Å². The number of likely N-dealkylation sites (N-methyl/N-ethyl adjacent to an activating group) is 1. The highest BCUT2D eigenvalue weighted by Crippen LogP contribution is 2.17.